The first-order valence-electron chi connectivity index (χ1n) is 9.93. The lowest BCUT2D eigenvalue weighted by molar-refractivity contribution is -0.329. The number of carbonyl (C=O) groups is 1. The molecular formula is C20H27NO10. The minimum absolute atomic E-state index is 0.231. The van der Waals surface area contributed by atoms with E-state index in [0.717, 1.165) is 0 Å². The zero-order valence-corrected chi connectivity index (χ0v) is 16.9. The second-order valence-electron chi connectivity index (χ2n) is 7.40. The Kier molecular flexibility index (Phi) is 8.04. The molecular weight excluding hydrogens is 414 g/mol. The Morgan fingerprint density at radius 2 is 1.81 bits per heavy atom. The lowest BCUT2D eigenvalue weighted by Crippen LogP contribution is -2.60. The van der Waals surface area contributed by atoms with Gasteiger partial charge in [-0.15, -0.1) is 0 Å². The summed E-state index contributed by atoms with van der Waals surface area (Å²) in [5, 5.41) is 51.4. The van der Waals surface area contributed by atoms with Crippen LogP contribution in [0, 0.1) is 12.1 Å². The quantitative estimate of drug-likeness (QED) is 0.287. The Labute approximate surface area is 179 Å². The molecule has 8 atom stereocenters. The van der Waals surface area contributed by atoms with Crippen LogP contribution in [0.4, 0.5) is 5.69 Å². The minimum atomic E-state index is -1.56. The third kappa shape index (κ3) is 5.82. The Morgan fingerprint density at radius 1 is 1.06 bits per heavy atom. The Morgan fingerprint density at radius 3 is 2.42 bits per heavy atom. The van der Waals surface area contributed by atoms with E-state index in [2.05, 4.69) is 17.4 Å². The summed E-state index contributed by atoms with van der Waals surface area (Å²) in [6.45, 7) is 0.407. The molecule has 6 N–H and O–H groups in total. The lowest BCUT2D eigenvalue weighted by atomic mass is 9.99. The zero-order chi connectivity index (χ0) is 22.5. The van der Waals surface area contributed by atoms with Crippen molar-refractivity contribution in [2.75, 3.05) is 18.5 Å². The van der Waals surface area contributed by atoms with Gasteiger partial charge in [0, 0.05) is 13.3 Å². The van der Waals surface area contributed by atoms with Crippen LogP contribution in [-0.4, -0.2) is 93.9 Å². The van der Waals surface area contributed by atoms with Crippen molar-refractivity contribution >= 4 is 11.6 Å². The van der Waals surface area contributed by atoms with Gasteiger partial charge in [0.05, 0.1) is 25.0 Å². The highest BCUT2D eigenvalue weighted by molar-refractivity contribution is 5.88. The van der Waals surface area contributed by atoms with Crippen molar-refractivity contribution in [1.29, 1.82) is 0 Å². The molecule has 11 heteroatoms. The fourth-order valence-corrected chi connectivity index (χ4v) is 3.44. The third-order valence-electron chi connectivity index (χ3n) is 5.06. The number of aliphatic hydroxyl groups is 5. The molecule has 0 spiro atoms. The lowest BCUT2D eigenvalue weighted by Gasteiger charge is -2.43. The van der Waals surface area contributed by atoms with Crippen molar-refractivity contribution in [2.24, 2.45) is 0 Å². The van der Waals surface area contributed by atoms with Crippen LogP contribution in [0.5, 0.6) is 5.75 Å². The predicted octanol–water partition coefficient (Wildman–Crippen LogP) is -1.69. The Bertz CT molecular complexity index is 714. The topological polar surface area (TPSA) is 167 Å². The zero-order valence-electron chi connectivity index (χ0n) is 16.9. The maximum absolute atomic E-state index is 11.1. The van der Waals surface area contributed by atoms with E-state index in [-0.39, 0.29) is 5.91 Å². The first kappa shape index (κ1) is 23.6. The van der Waals surface area contributed by atoms with Crippen molar-refractivity contribution in [3.05, 3.63) is 24.3 Å². The second kappa shape index (κ2) is 10.5. The van der Waals surface area contributed by atoms with Gasteiger partial charge in [-0.05, 0) is 30.7 Å². The molecule has 3 rings (SSSR count). The molecule has 2 heterocycles. The van der Waals surface area contributed by atoms with E-state index in [0.29, 0.717) is 24.3 Å². The van der Waals surface area contributed by atoms with Crippen molar-refractivity contribution in [2.45, 2.75) is 69.0 Å². The van der Waals surface area contributed by atoms with Crippen LogP contribution in [0.15, 0.2) is 12.1 Å². The average Bonchev–Trinajstić information content (AvgIpc) is 2.76. The van der Waals surface area contributed by atoms with E-state index in [1.165, 1.54) is 6.92 Å². The highest BCUT2D eigenvalue weighted by Crippen LogP contribution is 2.29. The molecule has 1 aromatic carbocycles. The van der Waals surface area contributed by atoms with Crippen molar-refractivity contribution in [1.82, 2.24) is 0 Å². The van der Waals surface area contributed by atoms with Crippen LogP contribution >= 0.6 is 0 Å². The van der Waals surface area contributed by atoms with Crippen LogP contribution in [0.1, 0.15) is 19.8 Å². The molecule has 2 saturated heterocycles. The van der Waals surface area contributed by atoms with E-state index >= 15 is 0 Å². The molecule has 0 radical (unpaired) electrons. The highest BCUT2D eigenvalue weighted by Gasteiger charge is 2.46. The summed E-state index contributed by atoms with van der Waals surface area (Å²) >= 11 is 0. The number of ether oxygens (including phenoxy) is 4. The summed E-state index contributed by atoms with van der Waals surface area (Å²) in [5.74, 6) is 0.106. The first-order valence-corrected chi connectivity index (χ1v) is 9.93. The van der Waals surface area contributed by atoms with Crippen molar-refractivity contribution in [3.63, 3.8) is 0 Å². The SMILES string of the molecule is CC(=O)Nc1c#cc(OC2CCC(OC3OC(CO)C(O)C(O)C3O)C(CO)O2)cc1. The molecule has 0 aliphatic carbocycles. The monoisotopic (exact) mass is 441 g/mol. The molecule has 172 valence electrons. The van der Waals surface area contributed by atoms with Gasteiger partial charge in [0.25, 0.3) is 0 Å². The summed E-state index contributed by atoms with van der Waals surface area (Å²) in [7, 11) is 0. The van der Waals surface area contributed by atoms with Gasteiger partial charge in [0.2, 0.25) is 12.2 Å². The maximum Gasteiger partial charge on any atom is 0.221 e. The third-order valence-corrected chi connectivity index (χ3v) is 5.06. The highest BCUT2D eigenvalue weighted by atomic mass is 16.7. The number of anilines is 1. The van der Waals surface area contributed by atoms with Crippen LogP contribution in [0.3, 0.4) is 0 Å². The number of hydrogen-bond acceptors (Lipinski definition) is 10. The second-order valence-corrected chi connectivity index (χ2v) is 7.40. The minimum Gasteiger partial charge on any atom is -0.457 e. The van der Waals surface area contributed by atoms with Crippen LogP contribution in [0.25, 0.3) is 0 Å². The van der Waals surface area contributed by atoms with E-state index in [1.807, 2.05) is 0 Å². The number of aliphatic hydroxyl groups excluding tert-OH is 5. The van der Waals surface area contributed by atoms with Crippen LogP contribution < -0.4 is 10.1 Å². The molecule has 2 aliphatic rings. The predicted molar refractivity (Wildman–Crippen MR) is 103 cm³/mol. The van der Waals surface area contributed by atoms with Crippen molar-refractivity contribution < 1.29 is 49.3 Å². The van der Waals surface area contributed by atoms with E-state index in [9.17, 15) is 30.3 Å². The number of carbonyl (C=O) groups excluding carboxylic acids is 1. The fraction of sp³-hybridized carbons (Fsp3) is 0.650. The molecule has 0 aromatic heterocycles. The van der Waals surface area contributed by atoms with Gasteiger partial charge in [0.1, 0.15) is 30.5 Å². The molecule has 11 nitrogen and oxygen atoms in total. The summed E-state index contributed by atoms with van der Waals surface area (Å²) in [4.78, 5) is 11.1. The molecule has 1 amide bonds. The molecule has 2 aliphatic heterocycles. The number of rotatable bonds is 7. The van der Waals surface area contributed by atoms with Gasteiger partial charge >= 0.3 is 0 Å². The number of hydrogen-bond donors (Lipinski definition) is 6. The van der Waals surface area contributed by atoms with Gasteiger partial charge in [-0.3, -0.25) is 4.79 Å². The molecule has 1 aromatic rings. The Hall–Kier alpha value is -2.01. The molecule has 2 fully saturated rings. The normalized spacial score (nSPS) is 35.8. The molecule has 31 heavy (non-hydrogen) atoms. The Balaban J connectivity index is 1.56. The van der Waals surface area contributed by atoms with Crippen molar-refractivity contribution in [3.8, 4) is 5.75 Å². The standard InChI is InChI=1S/C20H27NO10/c1-10(24)21-11-2-4-12(5-3-11)28-16-7-6-13(14(8-22)29-16)30-20-19(27)18(26)17(25)15(9-23)31-20/h2,4,13-20,22-23,25-27H,6-9H2,1H3,(H,21,24). The fourth-order valence-electron chi connectivity index (χ4n) is 3.44. The molecule has 0 saturated carbocycles. The van der Waals surface area contributed by atoms with Crippen LogP contribution in [0.2, 0.25) is 0 Å². The van der Waals surface area contributed by atoms with Gasteiger partial charge < -0.3 is 49.8 Å². The van der Waals surface area contributed by atoms with Gasteiger partial charge in [0.15, 0.2) is 12.0 Å². The van der Waals surface area contributed by atoms with Gasteiger partial charge in [-0.1, -0.05) is 0 Å². The summed E-state index contributed by atoms with van der Waals surface area (Å²) < 4.78 is 22.5. The smallest absolute Gasteiger partial charge is 0.221 e. The van der Waals surface area contributed by atoms with E-state index in [1.54, 1.807) is 12.1 Å². The molecule has 0 bridgehead atoms. The largest absolute Gasteiger partial charge is 0.457 e. The average molecular weight is 441 g/mol. The summed E-state index contributed by atoms with van der Waals surface area (Å²) in [6.07, 6.45) is -8.46. The number of nitrogens with one attached hydrogen (secondary N) is 1. The van der Waals surface area contributed by atoms with E-state index < -0.39 is 62.4 Å². The van der Waals surface area contributed by atoms with E-state index in [4.69, 9.17) is 18.9 Å². The summed E-state index contributed by atoms with van der Waals surface area (Å²) in [5.41, 5.74) is 0.450. The van der Waals surface area contributed by atoms with Gasteiger partial charge in [-0.2, -0.15) is 0 Å². The first-order chi connectivity index (χ1) is 14.8. The molecule has 8 unspecified atom stereocenters. The summed E-state index contributed by atoms with van der Waals surface area (Å²) in [6, 6.07) is 8.70. The van der Waals surface area contributed by atoms with Gasteiger partial charge in [-0.25, -0.2) is 0 Å². The maximum atomic E-state index is 11.1. The van der Waals surface area contributed by atoms with Crippen LogP contribution in [-0.2, 0) is 19.0 Å². The number of amides is 1.